The van der Waals surface area contributed by atoms with Gasteiger partial charge < -0.3 is 20.7 Å². The van der Waals surface area contributed by atoms with Gasteiger partial charge in [-0.3, -0.25) is 14.4 Å². The monoisotopic (exact) mass is 397 g/mol. The van der Waals surface area contributed by atoms with Crippen LogP contribution in [0, 0.1) is 5.92 Å². The Balaban J connectivity index is 2.56. The third-order valence-corrected chi connectivity index (χ3v) is 4.21. The summed E-state index contributed by atoms with van der Waals surface area (Å²) in [5, 5.41) is 9.06. The van der Waals surface area contributed by atoms with Crippen LogP contribution >= 0.6 is 11.6 Å². The third kappa shape index (κ3) is 10.5. The minimum atomic E-state index is -0.489. The van der Waals surface area contributed by atoms with Crippen LogP contribution in [-0.4, -0.2) is 44.0 Å². The molecule has 1 heterocycles. The second-order valence-electron chi connectivity index (χ2n) is 6.19. The summed E-state index contributed by atoms with van der Waals surface area (Å²) in [6.45, 7) is 4.65. The van der Waals surface area contributed by atoms with Crippen LogP contribution in [0.4, 0.5) is 0 Å². The number of allylic oxidation sites excluding steroid dienone is 4. The molecule has 8 heteroatoms. The van der Waals surface area contributed by atoms with E-state index in [0.29, 0.717) is 13.0 Å². The second kappa shape index (κ2) is 13.0. The Morgan fingerprint density at radius 1 is 1.41 bits per heavy atom. The molecular formula is C19H28ClN3O4. The maximum absolute atomic E-state index is 12.3. The molecule has 0 bridgehead atoms. The fourth-order valence-electron chi connectivity index (χ4n) is 2.22. The highest BCUT2D eigenvalue weighted by Gasteiger charge is 2.21. The fourth-order valence-corrected chi connectivity index (χ4v) is 2.28. The lowest BCUT2D eigenvalue weighted by Crippen LogP contribution is -2.37. The average Bonchev–Trinajstić information content (AvgIpc) is 2.65. The molecule has 27 heavy (non-hydrogen) atoms. The minimum Gasteiger partial charge on any atom is -0.463 e. The van der Waals surface area contributed by atoms with Gasteiger partial charge in [0.05, 0.1) is 12.5 Å². The van der Waals surface area contributed by atoms with Gasteiger partial charge in [-0.15, -0.1) is 0 Å². The molecule has 3 N–H and O–H groups in total. The smallest absolute Gasteiger partial charge is 0.325 e. The summed E-state index contributed by atoms with van der Waals surface area (Å²) in [6, 6.07) is 0. The van der Waals surface area contributed by atoms with Crippen molar-refractivity contribution < 1.29 is 19.1 Å². The predicted molar refractivity (Wildman–Crippen MR) is 105 cm³/mol. The van der Waals surface area contributed by atoms with E-state index in [4.69, 9.17) is 16.3 Å². The molecule has 0 aliphatic carbocycles. The van der Waals surface area contributed by atoms with Crippen molar-refractivity contribution in [1.82, 2.24) is 16.0 Å². The first-order chi connectivity index (χ1) is 12.9. The standard InChI is InChI=1S/C19H28ClN3O4/c1-3-16(20)7-6-14(2)12-23-17(24)11-15-5-4-8-21-13-18(25)27-10-9-22-19(15)26/h4,6-8,15,21H,3,5,9-13H2,1-2H3,(H,22,26)(H,23,24)/b8-4+,14-6+,16-7+. The normalized spacial score (nSPS) is 21.1. The van der Waals surface area contributed by atoms with Crippen LogP contribution < -0.4 is 16.0 Å². The number of cyclic esters (lactones) is 1. The Hall–Kier alpha value is -2.28. The van der Waals surface area contributed by atoms with Crippen molar-refractivity contribution in [1.29, 1.82) is 0 Å². The lowest BCUT2D eigenvalue weighted by Gasteiger charge is -2.16. The quantitative estimate of drug-likeness (QED) is 0.468. The summed E-state index contributed by atoms with van der Waals surface area (Å²) in [6.07, 6.45) is 8.24. The first-order valence-corrected chi connectivity index (χ1v) is 9.40. The number of carbonyl (C=O) groups excluding carboxylic acids is 3. The summed E-state index contributed by atoms with van der Waals surface area (Å²) in [7, 11) is 0. The van der Waals surface area contributed by atoms with Crippen molar-refractivity contribution in [2.45, 2.75) is 33.1 Å². The van der Waals surface area contributed by atoms with Crippen molar-refractivity contribution in [2.24, 2.45) is 5.92 Å². The van der Waals surface area contributed by atoms with E-state index >= 15 is 0 Å². The van der Waals surface area contributed by atoms with Crippen molar-refractivity contribution >= 4 is 29.4 Å². The topological polar surface area (TPSA) is 96.5 Å². The number of nitrogens with one attached hydrogen (secondary N) is 3. The maximum Gasteiger partial charge on any atom is 0.325 e. The van der Waals surface area contributed by atoms with Gasteiger partial charge in [-0.1, -0.05) is 36.2 Å². The number of hydrogen-bond acceptors (Lipinski definition) is 5. The van der Waals surface area contributed by atoms with Crippen LogP contribution in [0.15, 0.2) is 35.0 Å². The molecule has 1 aliphatic heterocycles. The Bertz CT molecular complexity index is 614. The number of halogens is 1. The van der Waals surface area contributed by atoms with Gasteiger partial charge >= 0.3 is 5.97 Å². The van der Waals surface area contributed by atoms with Gasteiger partial charge in [0.25, 0.3) is 0 Å². The van der Waals surface area contributed by atoms with Crippen LogP contribution in [0.3, 0.4) is 0 Å². The minimum absolute atomic E-state index is 0.0672. The number of ether oxygens (including phenoxy) is 1. The van der Waals surface area contributed by atoms with E-state index in [9.17, 15) is 14.4 Å². The molecule has 1 unspecified atom stereocenters. The van der Waals surface area contributed by atoms with Gasteiger partial charge in [0, 0.05) is 18.0 Å². The molecule has 150 valence electrons. The highest BCUT2D eigenvalue weighted by molar-refractivity contribution is 6.29. The van der Waals surface area contributed by atoms with E-state index < -0.39 is 5.92 Å². The molecular weight excluding hydrogens is 370 g/mol. The van der Waals surface area contributed by atoms with Crippen molar-refractivity contribution in [2.75, 3.05) is 26.2 Å². The first kappa shape index (κ1) is 22.8. The first-order valence-electron chi connectivity index (χ1n) is 9.02. The summed E-state index contributed by atoms with van der Waals surface area (Å²) in [5.41, 5.74) is 0.962. The molecule has 1 aliphatic rings. The molecule has 7 nitrogen and oxygen atoms in total. The van der Waals surface area contributed by atoms with Gasteiger partial charge in [0.1, 0.15) is 13.2 Å². The predicted octanol–water partition coefficient (Wildman–Crippen LogP) is 1.75. The van der Waals surface area contributed by atoms with Gasteiger partial charge in [-0.25, -0.2) is 0 Å². The fraction of sp³-hybridized carbons (Fsp3) is 0.526. The number of hydrogen-bond donors (Lipinski definition) is 3. The van der Waals surface area contributed by atoms with Crippen LogP contribution in [0.1, 0.15) is 33.1 Å². The van der Waals surface area contributed by atoms with Crippen molar-refractivity contribution in [3.8, 4) is 0 Å². The lowest BCUT2D eigenvalue weighted by atomic mass is 9.99. The summed E-state index contributed by atoms with van der Waals surface area (Å²) in [4.78, 5) is 35.8. The van der Waals surface area contributed by atoms with Gasteiger partial charge in [-0.05, 0) is 32.0 Å². The van der Waals surface area contributed by atoms with E-state index in [-0.39, 0.29) is 43.9 Å². The Morgan fingerprint density at radius 3 is 2.93 bits per heavy atom. The van der Waals surface area contributed by atoms with Crippen LogP contribution in [0.2, 0.25) is 0 Å². The second-order valence-corrected chi connectivity index (χ2v) is 6.67. The highest BCUT2D eigenvalue weighted by Crippen LogP contribution is 2.11. The average molecular weight is 398 g/mol. The zero-order valence-corrected chi connectivity index (χ0v) is 16.6. The number of rotatable bonds is 6. The van der Waals surface area contributed by atoms with E-state index in [0.717, 1.165) is 17.0 Å². The molecule has 0 spiro atoms. The molecule has 0 aromatic carbocycles. The summed E-state index contributed by atoms with van der Waals surface area (Å²) >= 11 is 5.95. The number of carbonyl (C=O) groups is 3. The highest BCUT2D eigenvalue weighted by atomic mass is 35.5. The molecule has 0 saturated heterocycles. The lowest BCUT2D eigenvalue weighted by molar-refractivity contribution is -0.142. The van der Waals surface area contributed by atoms with E-state index in [1.54, 1.807) is 12.3 Å². The molecule has 0 aromatic rings. The number of esters is 1. The van der Waals surface area contributed by atoms with Crippen LogP contribution in [0.25, 0.3) is 0 Å². The third-order valence-electron chi connectivity index (χ3n) is 3.82. The molecule has 0 fully saturated rings. The molecule has 0 aromatic heterocycles. The Morgan fingerprint density at radius 2 is 2.19 bits per heavy atom. The molecule has 2 amide bonds. The molecule has 1 rings (SSSR count). The summed E-state index contributed by atoms with van der Waals surface area (Å²) < 4.78 is 4.94. The largest absolute Gasteiger partial charge is 0.463 e. The maximum atomic E-state index is 12.3. The molecule has 1 atom stereocenters. The molecule has 0 saturated carbocycles. The van der Waals surface area contributed by atoms with E-state index in [1.165, 1.54) is 0 Å². The zero-order valence-electron chi connectivity index (χ0n) is 15.8. The molecule has 0 radical (unpaired) electrons. The van der Waals surface area contributed by atoms with Gasteiger partial charge in [0.15, 0.2) is 0 Å². The van der Waals surface area contributed by atoms with Gasteiger partial charge in [-0.2, -0.15) is 0 Å². The summed E-state index contributed by atoms with van der Waals surface area (Å²) in [5.74, 6) is -1.31. The van der Waals surface area contributed by atoms with Crippen LogP contribution in [0.5, 0.6) is 0 Å². The zero-order chi connectivity index (χ0) is 20.1. The number of amides is 2. The van der Waals surface area contributed by atoms with Crippen molar-refractivity contribution in [3.63, 3.8) is 0 Å². The Labute approximate surface area is 165 Å². The van der Waals surface area contributed by atoms with Crippen LogP contribution in [-0.2, 0) is 19.1 Å². The van der Waals surface area contributed by atoms with E-state index in [2.05, 4.69) is 16.0 Å². The Kier molecular flexibility index (Phi) is 10.9. The SMILES string of the molecule is CC/C(Cl)=C\C=C(/C)CNC(=O)CC1C/C=C/NCC(=O)OCCNC1=O. The van der Waals surface area contributed by atoms with Crippen molar-refractivity contribution in [3.05, 3.63) is 35.0 Å². The van der Waals surface area contributed by atoms with Gasteiger partial charge in [0.2, 0.25) is 11.8 Å². The van der Waals surface area contributed by atoms with E-state index in [1.807, 2.05) is 26.0 Å².